The molecule has 1 aliphatic carbocycles. The van der Waals surface area contributed by atoms with Crippen molar-refractivity contribution in [2.45, 2.75) is 0 Å². The van der Waals surface area contributed by atoms with Crippen LogP contribution in [0.3, 0.4) is 0 Å². The van der Waals surface area contributed by atoms with Gasteiger partial charge in [-0.25, -0.2) is 0 Å². The second-order valence-electron chi connectivity index (χ2n) is 6.18. The van der Waals surface area contributed by atoms with Crippen LogP contribution in [0.4, 0.5) is 17.1 Å². The predicted octanol–water partition coefficient (Wildman–Crippen LogP) is 3.53. The minimum absolute atomic E-state index is 0.0732. The summed E-state index contributed by atoms with van der Waals surface area (Å²) in [4.78, 5) is 36.2. The number of ketones is 2. The van der Waals surface area contributed by atoms with Gasteiger partial charge in [0, 0.05) is 28.6 Å². The van der Waals surface area contributed by atoms with Gasteiger partial charge in [0.15, 0.2) is 11.5 Å². The SMILES string of the molecule is O=C1c2cc(Nc3ccccc3)cc(O)c2C(=O)c2c1ccc(O)c2[N+](=O)[O-]. The number of carbonyl (C=O) groups is 2. The Morgan fingerprint density at radius 3 is 2.18 bits per heavy atom. The summed E-state index contributed by atoms with van der Waals surface area (Å²) in [6, 6.07) is 13.8. The van der Waals surface area contributed by atoms with Crippen LogP contribution in [-0.4, -0.2) is 26.7 Å². The minimum Gasteiger partial charge on any atom is -0.507 e. The van der Waals surface area contributed by atoms with Crippen molar-refractivity contribution in [1.29, 1.82) is 0 Å². The van der Waals surface area contributed by atoms with Crippen LogP contribution in [0.5, 0.6) is 11.5 Å². The number of phenols is 2. The fraction of sp³-hybridized carbons (Fsp3) is 0. The van der Waals surface area contributed by atoms with Crippen molar-refractivity contribution in [3.05, 3.63) is 87.0 Å². The van der Waals surface area contributed by atoms with E-state index in [1.54, 1.807) is 24.3 Å². The number of phenolic OH excluding ortho intramolecular Hbond substituents is 2. The number of anilines is 2. The molecule has 0 atom stereocenters. The average Bonchev–Trinajstić information content (AvgIpc) is 2.66. The number of hydrogen-bond acceptors (Lipinski definition) is 7. The van der Waals surface area contributed by atoms with Gasteiger partial charge >= 0.3 is 5.69 Å². The highest BCUT2D eigenvalue weighted by Crippen LogP contribution is 2.41. The number of aromatic hydroxyl groups is 2. The first kappa shape index (κ1) is 17.2. The zero-order valence-electron chi connectivity index (χ0n) is 14.2. The average molecular weight is 376 g/mol. The standard InChI is InChI=1S/C20H12N2O6/c23-14-7-6-12-17(18(14)22(27)28)20(26)16-13(19(12)25)8-11(9-15(16)24)21-10-4-2-1-3-5-10/h1-9,21,23-24H. The van der Waals surface area contributed by atoms with E-state index in [1.165, 1.54) is 12.1 Å². The molecule has 0 amide bonds. The van der Waals surface area contributed by atoms with Gasteiger partial charge in [-0.05, 0) is 30.3 Å². The van der Waals surface area contributed by atoms with E-state index in [0.717, 1.165) is 12.1 Å². The smallest absolute Gasteiger partial charge is 0.322 e. The number of hydrogen-bond donors (Lipinski definition) is 3. The summed E-state index contributed by atoms with van der Waals surface area (Å²) in [5.74, 6) is -2.76. The first-order valence-electron chi connectivity index (χ1n) is 8.17. The Labute approximate surface area is 157 Å². The number of nitrogens with one attached hydrogen (secondary N) is 1. The Balaban J connectivity index is 1.88. The number of carbonyl (C=O) groups excluding carboxylic acids is 2. The van der Waals surface area contributed by atoms with Gasteiger partial charge in [-0.15, -0.1) is 0 Å². The molecule has 0 saturated heterocycles. The van der Waals surface area contributed by atoms with Crippen molar-refractivity contribution >= 4 is 28.6 Å². The van der Waals surface area contributed by atoms with Gasteiger partial charge < -0.3 is 15.5 Å². The number of benzene rings is 3. The van der Waals surface area contributed by atoms with E-state index >= 15 is 0 Å². The Bertz CT molecular complexity index is 1170. The normalized spacial score (nSPS) is 12.3. The number of fused-ring (bicyclic) bond motifs is 2. The summed E-state index contributed by atoms with van der Waals surface area (Å²) in [5, 5.41) is 34.5. The first-order valence-corrected chi connectivity index (χ1v) is 8.17. The molecule has 0 spiro atoms. The maximum atomic E-state index is 12.9. The molecule has 0 aromatic heterocycles. The molecule has 0 unspecified atom stereocenters. The zero-order chi connectivity index (χ0) is 20.0. The van der Waals surface area contributed by atoms with Crippen molar-refractivity contribution in [1.82, 2.24) is 0 Å². The van der Waals surface area contributed by atoms with Crippen LogP contribution in [0, 0.1) is 10.1 Å². The van der Waals surface area contributed by atoms with Crippen molar-refractivity contribution in [3.63, 3.8) is 0 Å². The summed E-state index contributed by atoms with van der Waals surface area (Å²) < 4.78 is 0. The van der Waals surface area contributed by atoms with Crippen molar-refractivity contribution < 1.29 is 24.7 Å². The molecular formula is C20H12N2O6. The van der Waals surface area contributed by atoms with E-state index in [4.69, 9.17) is 0 Å². The second-order valence-corrected chi connectivity index (χ2v) is 6.18. The third-order valence-corrected chi connectivity index (χ3v) is 4.46. The van der Waals surface area contributed by atoms with E-state index in [0.29, 0.717) is 11.4 Å². The lowest BCUT2D eigenvalue weighted by molar-refractivity contribution is -0.386. The lowest BCUT2D eigenvalue weighted by atomic mass is 9.82. The number of nitro groups is 1. The number of nitro benzene ring substituents is 1. The molecule has 1 aliphatic rings. The van der Waals surface area contributed by atoms with Crippen LogP contribution in [0.15, 0.2) is 54.6 Å². The van der Waals surface area contributed by atoms with Crippen LogP contribution in [0.1, 0.15) is 31.8 Å². The van der Waals surface area contributed by atoms with Gasteiger partial charge in [0.05, 0.1) is 10.5 Å². The lowest BCUT2D eigenvalue weighted by Gasteiger charge is -2.20. The molecule has 3 aromatic carbocycles. The van der Waals surface area contributed by atoms with E-state index in [9.17, 15) is 29.9 Å². The molecule has 0 saturated carbocycles. The number of rotatable bonds is 3. The predicted molar refractivity (Wildman–Crippen MR) is 99.5 cm³/mol. The molecule has 28 heavy (non-hydrogen) atoms. The summed E-state index contributed by atoms with van der Waals surface area (Å²) in [6.45, 7) is 0. The van der Waals surface area contributed by atoms with Gasteiger partial charge in [-0.3, -0.25) is 19.7 Å². The Morgan fingerprint density at radius 2 is 1.50 bits per heavy atom. The molecule has 0 bridgehead atoms. The molecule has 4 rings (SSSR count). The summed E-state index contributed by atoms with van der Waals surface area (Å²) in [6.07, 6.45) is 0. The largest absolute Gasteiger partial charge is 0.507 e. The van der Waals surface area contributed by atoms with Gasteiger partial charge in [-0.2, -0.15) is 0 Å². The van der Waals surface area contributed by atoms with Crippen LogP contribution in [-0.2, 0) is 0 Å². The molecule has 0 aliphatic heterocycles. The molecule has 0 heterocycles. The van der Waals surface area contributed by atoms with Gasteiger partial charge in [0.25, 0.3) is 0 Å². The summed E-state index contributed by atoms with van der Waals surface area (Å²) >= 11 is 0. The third kappa shape index (κ3) is 2.55. The summed E-state index contributed by atoms with van der Waals surface area (Å²) in [7, 11) is 0. The number of nitrogens with zero attached hydrogens (tertiary/aromatic N) is 1. The van der Waals surface area contributed by atoms with Crippen molar-refractivity contribution in [3.8, 4) is 11.5 Å². The van der Waals surface area contributed by atoms with Crippen LogP contribution >= 0.6 is 0 Å². The lowest BCUT2D eigenvalue weighted by Crippen LogP contribution is -2.22. The fourth-order valence-corrected chi connectivity index (χ4v) is 3.26. The molecule has 0 radical (unpaired) electrons. The van der Waals surface area contributed by atoms with Gasteiger partial charge in [0.2, 0.25) is 5.78 Å². The molecule has 0 fully saturated rings. The maximum absolute atomic E-state index is 12.9. The van der Waals surface area contributed by atoms with E-state index < -0.39 is 39.2 Å². The van der Waals surface area contributed by atoms with Crippen LogP contribution in [0.25, 0.3) is 0 Å². The highest BCUT2D eigenvalue weighted by molar-refractivity contribution is 6.31. The Hall–Kier alpha value is -4.20. The molecular weight excluding hydrogens is 364 g/mol. The number of para-hydroxylation sites is 1. The molecule has 3 N–H and O–H groups in total. The zero-order valence-corrected chi connectivity index (χ0v) is 14.2. The first-order chi connectivity index (χ1) is 13.4. The minimum atomic E-state index is -0.924. The van der Waals surface area contributed by atoms with Crippen LogP contribution in [0.2, 0.25) is 0 Å². The Morgan fingerprint density at radius 1 is 0.786 bits per heavy atom. The highest BCUT2D eigenvalue weighted by Gasteiger charge is 2.39. The maximum Gasteiger partial charge on any atom is 0.322 e. The van der Waals surface area contributed by atoms with E-state index in [1.807, 2.05) is 6.07 Å². The summed E-state index contributed by atoms with van der Waals surface area (Å²) in [5.41, 5.74) is -0.898. The fourth-order valence-electron chi connectivity index (χ4n) is 3.26. The Kier molecular flexibility index (Phi) is 3.82. The molecule has 138 valence electrons. The topological polar surface area (TPSA) is 130 Å². The van der Waals surface area contributed by atoms with E-state index in [2.05, 4.69) is 5.32 Å². The highest BCUT2D eigenvalue weighted by atomic mass is 16.6. The monoisotopic (exact) mass is 376 g/mol. The van der Waals surface area contributed by atoms with Crippen LogP contribution < -0.4 is 5.32 Å². The molecule has 8 nitrogen and oxygen atoms in total. The molecule has 8 heteroatoms. The quantitative estimate of drug-likeness (QED) is 0.368. The second kappa shape index (κ2) is 6.20. The van der Waals surface area contributed by atoms with Gasteiger partial charge in [0.1, 0.15) is 11.3 Å². The van der Waals surface area contributed by atoms with E-state index in [-0.39, 0.29) is 16.7 Å². The van der Waals surface area contributed by atoms with Crippen molar-refractivity contribution in [2.75, 3.05) is 5.32 Å². The van der Waals surface area contributed by atoms with Gasteiger partial charge in [-0.1, -0.05) is 18.2 Å². The van der Waals surface area contributed by atoms with Crippen molar-refractivity contribution in [2.24, 2.45) is 0 Å². The third-order valence-electron chi connectivity index (χ3n) is 4.46. The molecule has 3 aromatic rings.